The van der Waals surface area contributed by atoms with Gasteiger partial charge in [-0.1, -0.05) is 65.3 Å². The van der Waals surface area contributed by atoms with E-state index in [4.69, 9.17) is 0 Å². The summed E-state index contributed by atoms with van der Waals surface area (Å²) in [6, 6.07) is 15.1. The van der Waals surface area contributed by atoms with E-state index in [0.717, 1.165) is 12.0 Å². The number of alkyl halides is 1. The Bertz CT molecular complexity index is 491. The second kappa shape index (κ2) is 5.46. The van der Waals surface area contributed by atoms with Crippen molar-refractivity contribution < 1.29 is 4.39 Å². The molecule has 0 amide bonds. The van der Waals surface area contributed by atoms with Crippen molar-refractivity contribution in [2.75, 3.05) is 0 Å². The molecule has 0 aliphatic heterocycles. The Morgan fingerprint density at radius 3 is 2.29 bits per heavy atom. The van der Waals surface area contributed by atoms with Gasteiger partial charge >= 0.3 is 0 Å². The SMILES string of the molecule is CCc1ccc(C(Br)c2ccccc2F)cc1. The van der Waals surface area contributed by atoms with Gasteiger partial charge in [-0.15, -0.1) is 0 Å². The van der Waals surface area contributed by atoms with Crippen LogP contribution >= 0.6 is 15.9 Å². The number of halogens is 2. The third-order valence-electron chi connectivity index (χ3n) is 2.86. The zero-order chi connectivity index (χ0) is 12.3. The van der Waals surface area contributed by atoms with Crippen LogP contribution in [0.5, 0.6) is 0 Å². The molecule has 0 nitrogen and oxygen atoms in total. The van der Waals surface area contributed by atoms with E-state index in [0.29, 0.717) is 5.56 Å². The Kier molecular flexibility index (Phi) is 3.95. The Morgan fingerprint density at radius 2 is 1.71 bits per heavy atom. The number of hydrogen-bond acceptors (Lipinski definition) is 0. The maximum atomic E-state index is 13.6. The van der Waals surface area contributed by atoms with Crippen LogP contribution in [-0.4, -0.2) is 0 Å². The van der Waals surface area contributed by atoms with Crippen LogP contribution in [0.25, 0.3) is 0 Å². The minimum atomic E-state index is -0.172. The molecule has 0 aromatic heterocycles. The smallest absolute Gasteiger partial charge is 0.127 e. The fraction of sp³-hybridized carbons (Fsp3) is 0.200. The highest BCUT2D eigenvalue weighted by molar-refractivity contribution is 9.09. The first-order valence-corrected chi connectivity index (χ1v) is 6.61. The lowest BCUT2D eigenvalue weighted by atomic mass is 10.0. The first-order chi connectivity index (χ1) is 8.22. The van der Waals surface area contributed by atoms with Crippen molar-refractivity contribution in [3.63, 3.8) is 0 Å². The van der Waals surface area contributed by atoms with Gasteiger partial charge in [0.15, 0.2) is 0 Å². The van der Waals surface area contributed by atoms with E-state index in [2.05, 4.69) is 35.0 Å². The summed E-state index contributed by atoms with van der Waals surface area (Å²) < 4.78 is 13.6. The molecule has 0 aliphatic carbocycles. The van der Waals surface area contributed by atoms with Crippen molar-refractivity contribution in [1.82, 2.24) is 0 Å². The number of rotatable bonds is 3. The summed E-state index contributed by atoms with van der Waals surface area (Å²) in [5.41, 5.74) is 3.05. The van der Waals surface area contributed by atoms with Gasteiger partial charge < -0.3 is 0 Å². The molecule has 1 unspecified atom stereocenters. The molecular formula is C15H14BrF. The van der Waals surface area contributed by atoms with Gasteiger partial charge in [-0.3, -0.25) is 0 Å². The van der Waals surface area contributed by atoms with Gasteiger partial charge in [0.2, 0.25) is 0 Å². The summed E-state index contributed by atoms with van der Waals surface area (Å²) in [6.45, 7) is 2.12. The molecule has 0 saturated carbocycles. The third kappa shape index (κ3) is 2.75. The van der Waals surface area contributed by atoms with E-state index in [1.54, 1.807) is 6.07 Å². The fourth-order valence-corrected chi connectivity index (χ4v) is 2.46. The van der Waals surface area contributed by atoms with Gasteiger partial charge in [0.05, 0.1) is 4.83 Å². The molecule has 2 aromatic carbocycles. The van der Waals surface area contributed by atoms with Crippen molar-refractivity contribution in [2.24, 2.45) is 0 Å². The van der Waals surface area contributed by atoms with Crippen molar-refractivity contribution in [2.45, 2.75) is 18.2 Å². The van der Waals surface area contributed by atoms with Gasteiger partial charge in [0, 0.05) is 5.56 Å². The molecule has 88 valence electrons. The highest BCUT2D eigenvalue weighted by atomic mass is 79.9. The molecule has 0 N–H and O–H groups in total. The predicted molar refractivity (Wildman–Crippen MR) is 73.0 cm³/mol. The summed E-state index contributed by atoms with van der Waals surface area (Å²) in [5, 5.41) is 0. The first-order valence-electron chi connectivity index (χ1n) is 5.69. The molecule has 1 atom stereocenters. The first kappa shape index (κ1) is 12.3. The quantitative estimate of drug-likeness (QED) is 0.708. The minimum absolute atomic E-state index is 0.0883. The third-order valence-corrected chi connectivity index (χ3v) is 3.88. The van der Waals surface area contributed by atoms with Crippen LogP contribution < -0.4 is 0 Å². The molecule has 0 fully saturated rings. The van der Waals surface area contributed by atoms with Crippen molar-refractivity contribution in [3.8, 4) is 0 Å². The van der Waals surface area contributed by atoms with E-state index >= 15 is 0 Å². The monoisotopic (exact) mass is 292 g/mol. The zero-order valence-corrected chi connectivity index (χ0v) is 11.2. The largest absolute Gasteiger partial charge is 0.207 e. The topological polar surface area (TPSA) is 0 Å². The summed E-state index contributed by atoms with van der Waals surface area (Å²) in [5.74, 6) is -0.172. The highest BCUT2D eigenvalue weighted by Gasteiger charge is 2.13. The normalized spacial score (nSPS) is 12.4. The zero-order valence-electron chi connectivity index (χ0n) is 9.66. The van der Waals surface area contributed by atoms with Crippen LogP contribution in [0.1, 0.15) is 28.4 Å². The number of aryl methyl sites for hydroxylation is 1. The second-order valence-electron chi connectivity index (χ2n) is 3.98. The van der Waals surface area contributed by atoms with Gasteiger partial charge in [-0.05, 0) is 23.6 Å². The van der Waals surface area contributed by atoms with Crippen LogP contribution in [0.3, 0.4) is 0 Å². The van der Waals surface area contributed by atoms with Crippen LogP contribution in [-0.2, 0) is 6.42 Å². The lowest BCUT2D eigenvalue weighted by Gasteiger charge is -2.12. The lowest BCUT2D eigenvalue weighted by molar-refractivity contribution is 0.613. The summed E-state index contributed by atoms with van der Waals surface area (Å²) >= 11 is 3.55. The Morgan fingerprint density at radius 1 is 1.06 bits per heavy atom. The van der Waals surface area contributed by atoms with E-state index in [1.165, 1.54) is 11.6 Å². The average Bonchev–Trinajstić information content (AvgIpc) is 2.39. The van der Waals surface area contributed by atoms with Gasteiger partial charge in [0.25, 0.3) is 0 Å². The molecule has 17 heavy (non-hydrogen) atoms. The highest BCUT2D eigenvalue weighted by Crippen LogP contribution is 2.32. The molecule has 0 bridgehead atoms. The molecule has 2 heteroatoms. The van der Waals surface area contributed by atoms with E-state index < -0.39 is 0 Å². The van der Waals surface area contributed by atoms with E-state index in [1.807, 2.05) is 24.3 Å². The van der Waals surface area contributed by atoms with Gasteiger partial charge in [0.1, 0.15) is 5.82 Å². The molecule has 0 spiro atoms. The average molecular weight is 293 g/mol. The van der Waals surface area contributed by atoms with Crippen LogP contribution in [0.2, 0.25) is 0 Å². The van der Waals surface area contributed by atoms with Gasteiger partial charge in [-0.25, -0.2) is 4.39 Å². The molecular weight excluding hydrogens is 279 g/mol. The standard InChI is InChI=1S/C15H14BrF/c1-2-11-7-9-12(10-8-11)15(16)13-5-3-4-6-14(13)17/h3-10,15H,2H2,1H3. The Hall–Kier alpha value is -1.15. The lowest BCUT2D eigenvalue weighted by Crippen LogP contribution is -1.96. The van der Waals surface area contributed by atoms with Crippen LogP contribution in [0, 0.1) is 5.82 Å². The Labute approximate surface area is 110 Å². The number of benzene rings is 2. The van der Waals surface area contributed by atoms with Crippen molar-refractivity contribution in [3.05, 3.63) is 71.0 Å². The van der Waals surface area contributed by atoms with Crippen molar-refractivity contribution >= 4 is 15.9 Å². The maximum Gasteiger partial charge on any atom is 0.127 e. The van der Waals surface area contributed by atoms with Crippen molar-refractivity contribution in [1.29, 1.82) is 0 Å². The summed E-state index contributed by atoms with van der Waals surface area (Å²) in [4.78, 5) is -0.0883. The predicted octanol–water partition coefficient (Wildman–Crippen LogP) is 4.87. The van der Waals surface area contributed by atoms with Crippen LogP contribution in [0.15, 0.2) is 48.5 Å². The number of hydrogen-bond donors (Lipinski definition) is 0. The summed E-state index contributed by atoms with van der Waals surface area (Å²) in [6.07, 6.45) is 1.02. The van der Waals surface area contributed by atoms with E-state index in [-0.39, 0.29) is 10.6 Å². The molecule has 0 heterocycles. The van der Waals surface area contributed by atoms with Gasteiger partial charge in [-0.2, -0.15) is 0 Å². The van der Waals surface area contributed by atoms with E-state index in [9.17, 15) is 4.39 Å². The molecule has 2 rings (SSSR count). The molecule has 0 aliphatic rings. The Balaban J connectivity index is 2.30. The van der Waals surface area contributed by atoms with Crippen LogP contribution in [0.4, 0.5) is 4.39 Å². The minimum Gasteiger partial charge on any atom is -0.207 e. The molecule has 0 saturated heterocycles. The maximum absolute atomic E-state index is 13.6. The fourth-order valence-electron chi connectivity index (χ4n) is 1.78. The molecule has 2 aromatic rings. The second-order valence-corrected chi connectivity index (χ2v) is 4.89. The molecule has 0 radical (unpaired) electrons. The summed E-state index contributed by atoms with van der Waals surface area (Å²) in [7, 11) is 0.